The van der Waals surface area contributed by atoms with Crippen molar-refractivity contribution < 1.29 is 23.5 Å². The number of halogens is 1. The van der Waals surface area contributed by atoms with Crippen LogP contribution in [0, 0.1) is 19.7 Å². The van der Waals surface area contributed by atoms with Gasteiger partial charge in [-0.05, 0) is 57.4 Å². The van der Waals surface area contributed by atoms with Crippen molar-refractivity contribution in [2.24, 2.45) is 0 Å². The summed E-state index contributed by atoms with van der Waals surface area (Å²) < 4.78 is 21.8. The highest BCUT2D eigenvalue weighted by Crippen LogP contribution is 2.44. The van der Waals surface area contributed by atoms with Gasteiger partial charge in [-0.3, -0.25) is 14.5 Å². The van der Waals surface area contributed by atoms with Crippen LogP contribution in [-0.4, -0.2) is 52.2 Å². The van der Waals surface area contributed by atoms with Crippen LogP contribution in [0.5, 0.6) is 0 Å². The molecule has 1 aromatic heterocycles. The fraction of sp³-hybridized carbons (Fsp3) is 0.458. The van der Waals surface area contributed by atoms with Gasteiger partial charge in [-0.2, -0.15) is 0 Å². The number of aryl methyl sites for hydroxylation is 1. The summed E-state index contributed by atoms with van der Waals surface area (Å²) >= 11 is 1.52. The summed E-state index contributed by atoms with van der Waals surface area (Å²) in [6.45, 7) is 4.90. The van der Waals surface area contributed by atoms with Crippen molar-refractivity contribution in [2.45, 2.75) is 56.2 Å². The number of ether oxygens (including phenoxy) is 1. The minimum Gasteiger partial charge on any atom is -0.376 e. The summed E-state index contributed by atoms with van der Waals surface area (Å²) in [7, 11) is 0. The molecule has 4 heterocycles. The zero-order chi connectivity index (χ0) is 23.3. The topological polar surface area (TPSA) is 80.6 Å². The van der Waals surface area contributed by atoms with Crippen molar-refractivity contribution in [3.63, 3.8) is 0 Å². The first-order valence-electron chi connectivity index (χ1n) is 11.2. The number of urea groups is 1. The number of rotatable bonds is 5. The summed E-state index contributed by atoms with van der Waals surface area (Å²) in [6, 6.07) is 5.47. The Balaban J connectivity index is 1.39. The molecule has 2 fully saturated rings. The maximum Gasteiger partial charge on any atom is 0.325 e. The molecule has 7 nitrogen and oxygen atoms in total. The van der Waals surface area contributed by atoms with Crippen LogP contribution >= 0.6 is 11.8 Å². The number of hydrogen-bond donors (Lipinski definition) is 1. The summed E-state index contributed by atoms with van der Waals surface area (Å²) in [5, 5.41) is 2.77. The van der Waals surface area contributed by atoms with E-state index < -0.39 is 23.3 Å². The predicted molar refractivity (Wildman–Crippen MR) is 121 cm³/mol. The van der Waals surface area contributed by atoms with Crippen molar-refractivity contribution in [3.8, 4) is 0 Å². The van der Waals surface area contributed by atoms with Crippen LogP contribution in [0.3, 0.4) is 0 Å². The number of thioether (sulfide) groups is 1. The Morgan fingerprint density at radius 1 is 1.30 bits per heavy atom. The second kappa shape index (κ2) is 8.29. The normalized spacial score (nSPS) is 24.5. The van der Waals surface area contributed by atoms with E-state index in [1.807, 2.05) is 19.9 Å². The number of amides is 3. The molecule has 9 heteroatoms. The van der Waals surface area contributed by atoms with Crippen LogP contribution < -0.4 is 5.32 Å². The van der Waals surface area contributed by atoms with E-state index in [0.29, 0.717) is 29.8 Å². The molecule has 0 aliphatic carbocycles. The van der Waals surface area contributed by atoms with Gasteiger partial charge < -0.3 is 14.6 Å². The molecule has 1 aromatic carbocycles. The zero-order valence-electron chi connectivity index (χ0n) is 18.7. The molecule has 1 N–H and O–H groups in total. The zero-order valence-corrected chi connectivity index (χ0v) is 19.5. The summed E-state index contributed by atoms with van der Waals surface area (Å²) in [5.41, 5.74) is 1.38. The van der Waals surface area contributed by atoms with Crippen LogP contribution in [0.4, 0.5) is 9.18 Å². The van der Waals surface area contributed by atoms with E-state index in [0.717, 1.165) is 40.6 Å². The first-order chi connectivity index (χ1) is 15.8. The second-order valence-corrected chi connectivity index (χ2v) is 10.1. The van der Waals surface area contributed by atoms with Gasteiger partial charge in [0.15, 0.2) is 5.78 Å². The number of Topliss-reactive ketones (excluding diaryl/α,β-unsaturated/α-hetero) is 1. The van der Waals surface area contributed by atoms with Gasteiger partial charge in [-0.25, -0.2) is 9.18 Å². The minimum atomic E-state index is -1.32. The van der Waals surface area contributed by atoms with Gasteiger partial charge >= 0.3 is 6.03 Å². The van der Waals surface area contributed by atoms with Crippen molar-refractivity contribution in [3.05, 3.63) is 52.6 Å². The first-order valence-corrected chi connectivity index (χ1v) is 12.2. The van der Waals surface area contributed by atoms with Crippen LogP contribution in [0.25, 0.3) is 0 Å². The lowest BCUT2D eigenvalue weighted by molar-refractivity contribution is -0.131. The van der Waals surface area contributed by atoms with E-state index in [9.17, 15) is 18.8 Å². The van der Waals surface area contributed by atoms with Crippen molar-refractivity contribution >= 4 is 29.5 Å². The number of ketones is 1. The van der Waals surface area contributed by atoms with E-state index in [1.54, 1.807) is 6.07 Å². The first kappa shape index (κ1) is 22.2. The van der Waals surface area contributed by atoms with Gasteiger partial charge in [0, 0.05) is 46.3 Å². The smallest absolute Gasteiger partial charge is 0.325 e. The molecular weight excluding hydrogens is 445 g/mol. The Kier molecular flexibility index (Phi) is 5.56. The van der Waals surface area contributed by atoms with Crippen LogP contribution in [0.1, 0.15) is 46.6 Å². The highest BCUT2D eigenvalue weighted by atomic mass is 32.2. The van der Waals surface area contributed by atoms with Gasteiger partial charge in [0.2, 0.25) is 0 Å². The maximum atomic E-state index is 14.0. The third kappa shape index (κ3) is 3.67. The average molecular weight is 472 g/mol. The van der Waals surface area contributed by atoms with Gasteiger partial charge in [0.25, 0.3) is 5.91 Å². The fourth-order valence-corrected chi connectivity index (χ4v) is 6.30. The number of nitrogens with one attached hydrogen (secondary N) is 1. The number of carbonyl (C=O) groups excluding carboxylic acids is 3. The lowest BCUT2D eigenvalue weighted by Gasteiger charge is -2.32. The lowest BCUT2D eigenvalue weighted by Crippen LogP contribution is -2.46. The molecule has 3 amide bonds. The van der Waals surface area contributed by atoms with Crippen LogP contribution in [0.2, 0.25) is 0 Å². The quantitative estimate of drug-likeness (QED) is 0.533. The molecule has 33 heavy (non-hydrogen) atoms. The number of nitrogens with zero attached hydrogens (tertiary/aromatic N) is 2. The summed E-state index contributed by atoms with van der Waals surface area (Å²) in [5.74, 6) is -0.657. The molecule has 2 saturated heterocycles. The van der Waals surface area contributed by atoms with Gasteiger partial charge in [-0.1, -0.05) is 0 Å². The number of benzene rings is 1. The number of imide groups is 1. The Morgan fingerprint density at radius 2 is 2.12 bits per heavy atom. The monoisotopic (exact) mass is 471 g/mol. The van der Waals surface area contributed by atoms with Crippen LogP contribution in [-0.2, 0) is 21.6 Å². The van der Waals surface area contributed by atoms with E-state index >= 15 is 0 Å². The fourth-order valence-electron chi connectivity index (χ4n) is 5.12. The largest absolute Gasteiger partial charge is 0.376 e. The van der Waals surface area contributed by atoms with Gasteiger partial charge in [0.05, 0.1) is 12.6 Å². The molecule has 0 radical (unpaired) electrons. The van der Waals surface area contributed by atoms with E-state index in [1.165, 1.54) is 23.9 Å². The number of carbonyl (C=O) groups is 3. The highest BCUT2D eigenvalue weighted by Gasteiger charge is 2.54. The Morgan fingerprint density at radius 3 is 2.88 bits per heavy atom. The van der Waals surface area contributed by atoms with E-state index in [4.69, 9.17) is 4.74 Å². The molecule has 3 aliphatic rings. The van der Waals surface area contributed by atoms with Crippen LogP contribution in [0.15, 0.2) is 29.2 Å². The maximum absolute atomic E-state index is 14.0. The highest BCUT2D eigenvalue weighted by molar-refractivity contribution is 7.99. The van der Waals surface area contributed by atoms with Crippen molar-refractivity contribution in [1.29, 1.82) is 0 Å². The summed E-state index contributed by atoms with van der Waals surface area (Å²) in [4.78, 5) is 41.2. The molecule has 0 bridgehead atoms. The average Bonchev–Trinajstić information content (AvgIpc) is 3.46. The molecule has 0 unspecified atom stereocenters. The number of hydrogen-bond acceptors (Lipinski definition) is 5. The Labute approximate surface area is 195 Å². The Hall–Kier alpha value is -2.65. The minimum absolute atomic E-state index is 0.133. The second-order valence-electron chi connectivity index (χ2n) is 8.92. The molecule has 0 saturated carbocycles. The standard InChI is InChI=1S/C24H26FN3O4S/c1-14-10-18(15(2)27(14)12-17-4-3-8-32-17)20(29)13-28-22(30)24(26-23(28)31)7-9-33-21-6-5-16(25)11-19(21)24/h5-6,10-11,17H,3-4,7-9,12-13H2,1-2H3,(H,26,31)/t17-,24-/m1/s1. The van der Waals surface area contributed by atoms with E-state index in [-0.39, 0.29) is 18.4 Å². The molecule has 2 aromatic rings. The third-order valence-corrected chi connectivity index (χ3v) is 7.97. The Bertz CT molecular complexity index is 1160. The van der Waals surface area contributed by atoms with Crippen molar-refractivity contribution in [1.82, 2.24) is 14.8 Å². The molecule has 174 valence electrons. The summed E-state index contributed by atoms with van der Waals surface area (Å²) in [6.07, 6.45) is 2.51. The molecule has 3 aliphatic heterocycles. The molecular formula is C24H26FN3O4S. The lowest BCUT2D eigenvalue weighted by atomic mass is 9.86. The van der Waals surface area contributed by atoms with Gasteiger partial charge in [0.1, 0.15) is 11.4 Å². The number of aromatic nitrogens is 1. The SMILES string of the molecule is Cc1cc(C(=O)CN2C(=O)N[C@@]3(CCSc4ccc(F)cc43)C2=O)c(C)n1C[C@H]1CCCO1. The van der Waals surface area contributed by atoms with Crippen molar-refractivity contribution in [2.75, 3.05) is 18.9 Å². The number of fused-ring (bicyclic) bond motifs is 2. The predicted octanol–water partition coefficient (Wildman–Crippen LogP) is 3.55. The molecule has 5 rings (SSSR count). The molecule has 1 spiro atoms. The molecule has 2 atom stereocenters. The van der Waals surface area contributed by atoms with Gasteiger partial charge in [-0.15, -0.1) is 11.8 Å². The third-order valence-electron chi connectivity index (χ3n) is 6.90. The van der Waals surface area contributed by atoms with E-state index in [2.05, 4.69) is 9.88 Å².